The van der Waals surface area contributed by atoms with Gasteiger partial charge >= 0.3 is 0 Å². The summed E-state index contributed by atoms with van der Waals surface area (Å²) < 4.78 is 8.09. The van der Waals surface area contributed by atoms with Gasteiger partial charge in [0.1, 0.15) is 5.69 Å². The van der Waals surface area contributed by atoms with Gasteiger partial charge in [-0.25, -0.2) is 4.99 Å². The Morgan fingerprint density at radius 2 is 2.24 bits per heavy atom. The SMILES string of the molecule is Cc1cc(C2=NNC(=Nc3ccccc3[N+](=O)[O-])SC2)c(C)n1C[C@@H]1CCCO1. The minimum Gasteiger partial charge on any atom is -0.376 e. The van der Waals surface area contributed by atoms with Crippen LogP contribution in [-0.4, -0.2) is 38.8 Å². The molecule has 1 aromatic carbocycles. The molecule has 1 aromatic heterocycles. The van der Waals surface area contributed by atoms with Crippen LogP contribution in [0.15, 0.2) is 40.4 Å². The van der Waals surface area contributed by atoms with Gasteiger partial charge in [0, 0.05) is 41.9 Å². The quantitative estimate of drug-likeness (QED) is 0.592. The number of thioether (sulfide) groups is 1. The number of nitrogens with zero attached hydrogens (tertiary/aromatic N) is 4. The van der Waals surface area contributed by atoms with Gasteiger partial charge in [-0.3, -0.25) is 15.5 Å². The van der Waals surface area contributed by atoms with Crippen LogP contribution < -0.4 is 5.43 Å². The zero-order valence-electron chi connectivity index (χ0n) is 16.4. The number of hydrogen-bond donors (Lipinski definition) is 1. The van der Waals surface area contributed by atoms with E-state index >= 15 is 0 Å². The normalized spacial score (nSPS) is 20.6. The summed E-state index contributed by atoms with van der Waals surface area (Å²) in [5.41, 5.74) is 7.69. The van der Waals surface area contributed by atoms with Gasteiger partial charge < -0.3 is 9.30 Å². The van der Waals surface area contributed by atoms with Crippen molar-refractivity contribution in [1.29, 1.82) is 0 Å². The number of aliphatic imine (C=N–C) groups is 1. The van der Waals surface area contributed by atoms with Crippen molar-refractivity contribution in [3.63, 3.8) is 0 Å². The molecule has 0 radical (unpaired) electrons. The largest absolute Gasteiger partial charge is 0.376 e. The van der Waals surface area contributed by atoms with Gasteiger partial charge in [-0.2, -0.15) is 5.10 Å². The molecule has 4 rings (SSSR count). The molecule has 0 spiro atoms. The Kier molecular flexibility index (Phi) is 5.68. The van der Waals surface area contributed by atoms with Gasteiger partial charge in [-0.1, -0.05) is 23.9 Å². The second kappa shape index (κ2) is 8.38. The molecule has 0 amide bonds. The van der Waals surface area contributed by atoms with Crippen LogP contribution in [0.2, 0.25) is 0 Å². The molecule has 0 saturated carbocycles. The first-order valence-electron chi connectivity index (χ1n) is 9.59. The van der Waals surface area contributed by atoms with Crippen LogP contribution in [0.5, 0.6) is 0 Å². The summed E-state index contributed by atoms with van der Waals surface area (Å²) in [5, 5.41) is 16.2. The lowest BCUT2D eigenvalue weighted by Gasteiger charge is -2.17. The first-order chi connectivity index (χ1) is 14.0. The van der Waals surface area contributed by atoms with E-state index in [1.165, 1.54) is 29.2 Å². The van der Waals surface area contributed by atoms with Crippen molar-refractivity contribution in [3.8, 4) is 0 Å². The van der Waals surface area contributed by atoms with Gasteiger partial charge in [0.05, 0.1) is 16.7 Å². The van der Waals surface area contributed by atoms with Crippen LogP contribution >= 0.6 is 11.8 Å². The Balaban J connectivity index is 1.53. The zero-order valence-corrected chi connectivity index (χ0v) is 17.2. The number of aromatic nitrogens is 1. The lowest BCUT2D eigenvalue weighted by molar-refractivity contribution is -0.384. The predicted octanol–water partition coefficient (Wildman–Crippen LogP) is 3.92. The molecule has 152 valence electrons. The Morgan fingerprint density at radius 3 is 2.93 bits per heavy atom. The molecule has 1 atom stereocenters. The van der Waals surface area contributed by atoms with Gasteiger partial charge in [-0.15, -0.1) is 0 Å². The molecular formula is C20H23N5O3S. The van der Waals surface area contributed by atoms with Gasteiger partial charge in [0.25, 0.3) is 5.69 Å². The molecule has 1 N–H and O–H groups in total. The molecule has 1 fully saturated rings. The average molecular weight is 414 g/mol. The van der Waals surface area contributed by atoms with E-state index in [0.717, 1.165) is 37.3 Å². The van der Waals surface area contributed by atoms with Crippen LogP contribution in [0, 0.1) is 24.0 Å². The second-order valence-electron chi connectivity index (χ2n) is 7.15. The van der Waals surface area contributed by atoms with Crippen molar-refractivity contribution >= 4 is 34.0 Å². The number of nitro groups is 1. The van der Waals surface area contributed by atoms with E-state index in [0.29, 0.717) is 16.6 Å². The molecule has 2 aromatic rings. The highest BCUT2D eigenvalue weighted by Crippen LogP contribution is 2.29. The highest BCUT2D eigenvalue weighted by molar-refractivity contribution is 8.14. The second-order valence-corrected chi connectivity index (χ2v) is 8.12. The Hall–Kier alpha value is -2.65. The maximum absolute atomic E-state index is 11.2. The van der Waals surface area contributed by atoms with Crippen molar-refractivity contribution in [1.82, 2.24) is 9.99 Å². The summed E-state index contributed by atoms with van der Waals surface area (Å²) >= 11 is 1.49. The lowest BCUT2D eigenvalue weighted by atomic mass is 10.1. The Morgan fingerprint density at radius 1 is 1.41 bits per heavy atom. The smallest absolute Gasteiger partial charge is 0.294 e. The van der Waals surface area contributed by atoms with E-state index in [2.05, 4.69) is 40.0 Å². The number of aryl methyl sites for hydroxylation is 1. The highest BCUT2D eigenvalue weighted by atomic mass is 32.2. The summed E-state index contributed by atoms with van der Waals surface area (Å²) in [6.45, 7) is 5.94. The van der Waals surface area contributed by atoms with Crippen LogP contribution in [0.25, 0.3) is 0 Å². The molecule has 1 saturated heterocycles. The van der Waals surface area contributed by atoms with Crippen molar-refractivity contribution in [3.05, 3.63) is 57.4 Å². The Labute approximate surface area is 173 Å². The minimum absolute atomic E-state index is 0.0187. The maximum Gasteiger partial charge on any atom is 0.294 e. The van der Waals surface area contributed by atoms with Crippen LogP contribution in [0.3, 0.4) is 0 Å². The van der Waals surface area contributed by atoms with E-state index in [1.54, 1.807) is 18.2 Å². The van der Waals surface area contributed by atoms with Gasteiger partial charge in [0.2, 0.25) is 0 Å². The van der Waals surface area contributed by atoms with Crippen molar-refractivity contribution < 1.29 is 9.66 Å². The summed E-state index contributed by atoms with van der Waals surface area (Å²) in [6, 6.07) is 8.61. The standard InChI is InChI=1S/C20H23N5O3S/c1-13-10-16(14(2)24(13)11-15-6-5-9-28-15)18-12-29-20(23-22-18)21-17-7-3-4-8-19(17)25(26)27/h3-4,7-8,10,15H,5-6,9,11-12H2,1-2H3,(H,21,23)/t15-/m0/s1. The monoisotopic (exact) mass is 413 g/mol. The molecule has 9 heteroatoms. The molecule has 2 aliphatic heterocycles. The summed E-state index contributed by atoms with van der Waals surface area (Å²) in [6.07, 6.45) is 2.52. The third kappa shape index (κ3) is 4.20. The average Bonchev–Trinajstić information content (AvgIpc) is 3.33. The third-order valence-electron chi connectivity index (χ3n) is 5.23. The number of ether oxygens (including phenoxy) is 1. The lowest BCUT2D eigenvalue weighted by Crippen LogP contribution is -2.25. The molecule has 2 aliphatic rings. The van der Waals surface area contributed by atoms with E-state index in [-0.39, 0.29) is 11.8 Å². The number of para-hydroxylation sites is 2. The number of rotatable bonds is 5. The topological polar surface area (TPSA) is 94.0 Å². The number of nitro benzene ring substituents is 1. The molecule has 29 heavy (non-hydrogen) atoms. The molecule has 3 heterocycles. The van der Waals surface area contributed by atoms with Gasteiger partial charge in [-0.05, 0) is 38.8 Å². The number of amidine groups is 1. The summed E-state index contributed by atoms with van der Waals surface area (Å²) in [7, 11) is 0. The fraction of sp³-hybridized carbons (Fsp3) is 0.400. The fourth-order valence-electron chi connectivity index (χ4n) is 3.70. The minimum atomic E-state index is -0.426. The maximum atomic E-state index is 11.2. The first-order valence-corrected chi connectivity index (χ1v) is 10.6. The molecule has 0 bridgehead atoms. The third-order valence-corrected chi connectivity index (χ3v) is 6.10. The number of hydrazone groups is 1. The number of benzene rings is 1. The van der Waals surface area contributed by atoms with Gasteiger partial charge in [0.15, 0.2) is 5.17 Å². The van der Waals surface area contributed by atoms with Crippen molar-refractivity contribution in [2.75, 3.05) is 12.4 Å². The van der Waals surface area contributed by atoms with Crippen LogP contribution in [-0.2, 0) is 11.3 Å². The molecular weight excluding hydrogens is 390 g/mol. The zero-order chi connectivity index (χ0) is 20.4. The molecule has 8 nitrogen and oxygen atoms in total. The Bertz CT molecular complexity index is 992. The van der Waals surface area contributed by atoms with Crippen molar-refractivity contribution in [2.24, 2.45) is 10.1 Å². The molecule has 0 unspecified atom stereocenters. The molecule has 0 aliphatic carbocycles. The predicted molar refractivity (Wildman–Crippen MR) is 115 cm³/mol. The number of hydrogen-bond acceptors (Lipinski definition) is 6. The van der Waals surface area contributed by atoms with E-state index in [1.807, 2.05) is 0 Å². The number of nitrogens with one attached hydrogen (secondary N) is 1. The van der Waals surface area contributed by atoms with E-state index in [4.69, 9.17) is 4.74 Å². The summed E-state index contributed by atoms with van der Waals surface area (Å²) in [4.78, 5) is 15.1. The van der Waals surface area contributed by atoms with Crippen LogP contribution in [0.4, 0.5) is 11.4 Å². The highest BCUT2D eigenvalue weighted by Gasteiger charge is 2.22. The fourth-order valence-corrected chi connectivity index (χ4v) is 4.47. The van der Waals surface area contributed by atoms with Crippen LogP contribution in [0.1, 0.15) is 29.8 Å². The van der Waals surface area contributed by atoms with E-state index in [9.17, 15) is 10.1 Å². The van der Waals surface area contributed by atoms with Crippen molar-refractivity contribution in [2.45, 2.75) is 39.3 Å². The first kappa shape index (κ1) is 19.7. The summed E-state index contributed by atoms with van der Waals surface area (Å²) in [5.74, 6) is 0.649. The van der Waals surface area contributed by atoms with E-state index < -0.39 is 4.92 Å².